The molecular formula is C26H28N4O2. The maximum atomic E-state index is 13.5. The molecule has 2 atom stereocenters. The molecule has 4 aromatic rings. The van der Waals surface area contributed by atoms with Crippen LogP contribution in [0.5, 0.6) is 0 Å². The summed E-state index contributed by atoms with van der Waals surface area (Å²) in [7, 11) is 3.94. The molecule has 1 saturated carbocycles. The number of fused-ring (bicyclic) bond motifs is 3. The van der Waals surface area contributed by atoms with E-state index in [2.05, 4.69) is 17.1 Å². The van der Waals surface area contributed by atoms with E-state index in [1.54, 1.807) is 10.9 Å². The summed E-state index contributed by atoms with van der Waals surface area (Å²) in [5.41, 5.74) is 2.81. The van der Waals surface area contributed by atoms with Gasteiger partial charge in [-0.05, 0) is 47.9 Å². The molecule has 1 N–H and O–H groups in total. The number of anilines is 1. The predicted octanol–water partition coefficient (Wildman–Crippen LogP) is 4.08. The molecule has 0 amide bonds. The first-order valence-electron chi connectivity index (χ1n) is 11.2. The fourth-order valence-corrected chi connectivity index (χ4v) is 4.85. The molecule has 0 bridgehead atoms. The Morgan fingerprint density at radius 2 is 1.81 bits per heavy atom. The highest BCUT2D eigenvalue weighted by molar-refractivity contribution is 6.06. The van der Waals surface area contributed by atoms with E-state index < -0.39 is 6.10 Å². The fraction of sp³-hybridized carbons (Fsp3) is 0.346. The number of nitrogens with zero attached hydrogens (tertiary/aromatic N) is 4. The topological polar surface area (TPSA) is 71.2 Å². The standard InChI is InChI=1S/C26H28N4O2/c1-29(2)24-12-11-17(15-27-24)13-18-14-21-25(20-8-4-3-7-19(18)20)28-16-30(26(21)32)22-9-5-6-10-23(22)31/h3-4,7-8,11-12,14-16,22-23,31H,5-6,9-10,13H2,1-2H3/t22-,23-/m0/s1. The molecular weight excluding hydrogens is 400 g/mol. The van der Waals surface area contributed by atoms with Crippen molar-refractivity contribution in [2.75, 3.05) is 19.0 Å². The smallest absolute Gasteiger partial charge is 0.261 e. The van der Waals surface area contributed by atoms with Crippen molar-refractivity contribution in [3.05, 3.63) is 76.5 Å². The number of hydrogen-bond acceptors (Lipinski definition) is 5. The molecule has 0 radical (unpaired) electrons. The minimum absolute atomic E-state index is 0.0750. The van der Waals surface area contributed by atoms with Crippen LogP contribution in [0.1, 0.15) is 42.9 Å². The maximum Gasteiger partial charge on any atom is 0.261 e. The summed E-state index contributed by atoms with van der Waals surface area (Å²) in [6.07, 6.45) is 7.26. The third-order valence-electron chi connectivity index (χ3n) is 6.59. The summed E-state index contributed by atoms with van der Waals surface area (Å²) in [5.74, 6) is 0.912. The first-order chi connectivity index (χ1) is 15.5. The molecule has 0 aliphatic heterocycles. The van der Waals surface area contributed by atoms with Crippen LogP contribution in [0.3, 0.4) is 0 Å². The quantitative estimate of drug-likeness (QED) is 0.496. The molecule has 6 nitrogen and oxygen atoms in total. The molecule has 2 aromatic heterocycles. The zero-order chi connectivity index (χ0) is 22.2. The third kappa shape index (κ3) is 3.65. The SMILES string of the molecule is CN(C)c1ccc(Cc2cc3c(=O)n([C@H]4CCCC[C@@H]4O)cnc3c3ccccc23)cn1. The van der Waals surface area contributed by atoms with Crippen molar-refractivity contribution in [2.45, 2.75) is 44.2 Å². The summed E-state index contributed by atoms with van der Waals surface area (Å²) in [5, 5.41) is 13.2. The first kappa shape index (κ1) is 20.6. The van der Waals surface area contributed by atoms with Crippen molar-refractivity contribution in [3.63, 3.8) is 0 Å². The Labute approximate surface area is 187 Å². The lowest BCUT2D eigenvalue weighted by Crippen LogP contribution is -2.34. The molecule has 164 valence electrons. The second-order valence-electron chi connectivity index (χ2n) is 8.95. The summed E-state index contributed by atoms with van der Waals surface area (Å²) < 4.78 is 1.65. The van der Waals surface area contributed by atoms with Gasteiger partial charge in [-0.15, -0.1) is 0 Å². The molecule has 2 heterocycles. The molecule has 1 aliphatic carbocycles. The number of aliphatic hydroxyl groups is 1. The Balaban J connectivity index is 1.64. The number of aliphatic hydroxyl groups excluding tert-OH is 1. The summed E-state index contributed by atoms with van der Waals surface area (Å²) in [6.45, 7) is 0. The zero-order valence-electron chi connectivity index (χ0n) is 18.5. The molecule has 0 spiro atoms. The van der Waals surface area contributed by atoms with Gasteiger partial charge in [-0.2, -0.15) is 0 Å². The first-order valence-corrected chi connectivity index (χ1v) is 11.2. The van der Waals surface area contributed by atoms with E-state index in [4.69, 9.17) is 4.98 Å². The van der Waals surface area contributed by atoms with Crippen LogP contribution in [0.2, 0.25) is 0 Å². The second kappa shape index (κ2) is 8.36. The summed E-state index contributed by atoms with van der Waals surface area (Å²) in [6, 6.07) is 14.0. The third-order valence-corrected chi connectivity index (χ3v) is 6.59. The van der Waals surface area contributed by atoms with Crippen molar-refractivity contribution in [2.24, 2.45) is 0 Å². The predicted molar refractivity (Wildman–Crippen MR) is 128 cm³/mol. The van der Waals surface area contributed by atoms with Gasteiger partial charge >= 0.3 is 0 Å². The van der Waals surface area contributed by atoms with Crippen molar-refractivity contribution in [1.82, 2.24) is 14.5 Å². The number of aromatic nitrogens is 3. The minimum Gasteiger partial charge on any atom is -0.391 e. The molecule has 0 unspecified atom stereocenters. The Bertz CT molecular complexity index is 1330. The number of rotatable bonds is 4. The van der Waals surface area contributed by atoms with E-state index in [0.29, 0.717) is 11.8 Å². The van der Waals surface area contributed by atoms with Gasteiger partial charge in [-0.1, -0.05) is 43.2 Å². The van der Waals surface area contributed by atoms with E-state index in [-0.39, 0.29) is 11.6 Å². The number of pyridine rings is 1. The number of benzene rings is 2. The molecule has 32 heavy (non-hydrogen) atoms. The number of hydrogen-bond donors (Lipinski definition) is 1. The van der Waals surface area contributed by atoms with Gasteiger partial charge < -0.3 is 10.0 Å². The monoisotopic (exact) mass is 428 g/mol. The lowest BCUT2D eigenvalue weighted by Gasteiger charge is -2.29. The molecule has 1 fully saturated rings. The van der Waals surface area contributed by atoms with Crippen molar-refractivity contribution in [3.8, 4) is 0 Å². The Kier molecular flexibility index (Phi) is 5.39. The fourth-order valence-electron chi connectivity index (χ4n) is 4.85. The summed E-state index contributed by atoms with van der Waals surface area (Å²) >= 11 is 0. The average molecular weight is 429 g/mol. The largest absolute Gasteiger partial charge is 0.391 e. The molecule has 6 heteroatoms. The highest BCUT2D eigenvalue weighted by atomic mass is 16.3. The molecule has 2 aromatic carbocycles. The van der Waals surface area contributed by atoms with Crippen molar-refractivity contribution >= 4 is 27.5 Å². The Hall–Kier alpha value is -3.25. The van der Waals surface area contributed by atoms with Crippen molar-refractivity contribution < 1.29 is 5.11 Å². The normalized spacial score (nSPS) is 18.8. The van der Waals surface area contributed by atoms with Crippen LogP contribution >= 0.6 is 0 Å². The highest BCUT2D eigenvalue weighted by Crippen LogP contribution is 2.30. The van der Waals surface area contributed by atoms with Gasteiger partial charge in [-0.25, -0.2) is 9.97 Å². The Morgan fingerprint density at radius 1 is 1.03 bits per heavy atom. The van der Waals surface area contributed by atoms with Crippen LogP contribution < -0.4 is 10.5 Å². The van der Waals surface area contributed by atoms with Crippen LogP contribution in [-0.4, -0.2) is 39.8 Å². The van der Waals surface area contributed by atoms with Crippen LogP contribution in [0.25, 0.3) is 21.7 Å². The molecule has 5 rings (SSSR count). The van der Waals surface area contributed by atoms with E-state index >= 15 is 0 Å². The van der Waals surface area contributed by atoms with Gasteiger partial charge in [0.15, 0.2) is 0 Å². The molecule has 0 saturated heterocycles. The van der Waals surface area contributed by atoms with Crippen LogP contribution in [-0.2, 0) is 6.42 Å². The Morgan fingerprint density at radius 3 is 2.53 bits per heavy atom. The van der Waals surface area contributed by atoms with Gasteiger partial charge in [-0.3, -0.25) is 9.36 Å². The highest BCUT2D eigenvalue weighted by Gasteiger charge is 2.26. The minimum atomic E-state index is -0.498. The van der Waals surface area contributed by atoms with Crippen LogP contribution in [0.15, 0.2) is 59.8 Å². The van der Waals surface area contributed by atoms with Crippen LogP contribution in [0, 0.1) is 0 Å². The van der Waals surface area contributed by atoms with E-state index in [1.165, 1.54) is 0 Å². The maximum absolute atomic E-state index is 13.5. The van der Waals surface area contributed by atoms with Gasteiger partial charge in [0.05, 0.1) is 29.4 Å². The lowest BCUT2D eigenvalue weighted by molar-refractivity contribution is 0.0735. The van der Waals surface area contributed by atoms with E-state index in [0.717, 1.165) is 58.9 Å². The van der Waals surface area contributed by atoms with Crippen molar-refractivity contribution in [1.29, 1.82) is 0 Å². The second-order valence-corrected chi connectivity index (χ2v) is 8.95. The lowest BCUT2D eigenvalue weighted by atomic mass is 9.92. The van der Waals surface area contributed by atoms with Crippen LogP contribution in [0.4, 0.5) is 5.82 Å². The van der Waals surface area contributed by atoms with Gasteiger partial charge in [0, 0.05) is 25.7 Å². The molecule has 1 aliphatic rings. The van der Waals surface area contributed by atoms with E-state index in [1.807, 2.05) is 55.5 Å². The average Bonchev–Trinajstić information content (AvgIpc) is 2.81. The van der Waals surface area contributed by atoms with Gasteiger partial charge in [0.2, 0.25) is 0 Å². The zero-order valence-corrected chi connectivity index (χ0v) is 18.5. The van der Waals surface area contributed by atoms with Gasteiger partial charge in [0.25, 0.3) is 5.56 Å². The van der Waals surface area contributed by atoms with E-state index in [9.17, 15) is 9.90 Å². The van der Waals surface area contributed by atoms with Gasteiger partial charge in [0.1, 0.15) is 5.82 Å². The summed E-state index contributed by atoms with van der Waals surface area (Å²) in [4.78, 5) is 24.7.